The molecule has 0 bridgehead atoms. The number of carboxylic acids is 1. The fraction of sp³-hybridized carbons (Fsp3) is 0. The second-order valence-electron chi connectivity index (χ2n) is 4.80. The molecule has 0 aliphatic carbocycles. The van der Waals surface area contributed by atoms with Crippen molar-refractivity contribution >= 4 is 39.9 Å². The molecule has 1 aromatic heterocycles. The number of allylic oxidation sites excluding steroid dienone is 1. The second-order valence-corrected chi connectivity index (χ2v) is 5.21. The van der Waals surface area contributed by atoms with Crippen LogP contribution in [0.15, 0.2) is 53.1 Å². The van der Waals surface area contributed by atoms with Crippen molar-refractivity contribution in [2.45, 2.75) is 0 Å². The second kappa shape index (κ2) is 6.44. The summed E-state index contributed by atoms with van der Waals surface area (Å²) in [7, 11) is 0. The van der Waals surface area contributed by atoms with E-state index in [0.29, 0.717) is 16.8 Å². The Balaban J connectivity index is 1.90. The number of hydrogen-bond donors (Lipinski definition) is 2. The highest BCUT2D eigenvalue weighted by molar-refractivity contribution is 6.33. The molecule has 1 heterocycles. The summed E-state index contributed by atoms with van der Waals surface area (Å²) in [5, 5.41) is 21.4. The van der Waals surface area contributed by atoms with Gasteiger partial charge in [-0.05, 0) is 30.3 Å². The maximum atomic E-state index is 11.1. The van der Waals surface area contributed by atoms with E-state index in [1.165, 1.54) is 18.3 Å². The molecule has 0 amide bonds. The van der Waals surface area contributed by atoms with Gasteiger partial charge in [-0.1, -0.05) is 23.7 Å². The van der Waals surface area contributed by atoms with Crippen LogP contribution in [0.2, 0.25) is 5.02 Å². The number of carbonyl (C=O) groups is 1. The van der Waals surface area contributed by atoms with Crippen molar-refractivity contribution in [3.8, 4) is 6.07 Å². The fourth-order valence-corrected chi connectivity index (χ4v) is 2.26. The number of carboxylic acid groups (broad SMARTS) is 1. The van der Waals surface area contributed by atoms with Gasteiger partial charge in [0.05, 0.1) is 10.6 Å². The molecule has 118 valence electrons. The number of nitriles is 1. The molecule has 0 aliphatic rings. The molecular weight excluding hydrogens is 330 g/mol. The molecule has 0 atom stereocenters. The van der Waals surface area contributed by atoms with E-state index >= 15 is 0 Å². The molecule has 2 aromatic carbocycles. The van der Waals surface area contributed by atoms with Crippen molar-refractivity contribution in [1.29, 1.82) is 5.26 Å². The van der Waals surface area contributed by atoms with Crippen LogP contribution in [0.5, 0.6) is 0 Å². The number of para-hydroxylation sites is 2. The Morgan fingerprint density at radius 3 is 2.83 bits per heavy atom. The van der Waals surface area contributed by atoms with E-state index in [-0.39, 0.29) is 22.0 Å². The monoisotopic (exact) mass is 339 g/mol. The van der Waals surface area contributed by atoms with Crippen molar-refractivity contribution in [1.82, 2.24) is 4.98 Å². The Labute approximate surface area is 141 Å². The number of nitrogens with zero attached hydrogens (tertiary/aromatic N) is 2. The standard InChI is InChI=1S/C17H10ClN3O3/c18-13-6-5-11(7-12(13)17(22)23)20-9-10(8-19)16-21-14-3-1-2-4-15(14)24-16/h1-7,9,20H,(H,22,23). The van der Waals surface area contributed by atoms with Crippen LogP contribution in [0, 0.1) is 11.3 Å². The van der Waals surface area contributed by atoms with Gasteiger partial charge in [0, 0.05) is 11.9 Å². The summed E-state index contributed by atoms with van der Waals surface area (Å²) in [6.07, 6.45) is 1.40. The molecule has 0 saturated carbocycles. The molecular formula is C17H10ClN3O3. The van der Waals surface area contributed by atoms with Crippen LogP contribution >= 0.6 is 11.6 Å². The van der Waals surface area contributed by atoms with E-state index < -0.39 is 5.97 Å². The number of nitrogens with one attached hydrogen (secondary N) is 1. The van der Waals surface area contributed by atoms with Gasteiger partial charge in [0.2, 0.25) is 5.89 Å². The molecule has 6 nitrogen and oxygen atoms in total. The minimum Gasteiger partial charge on any atom is -0.478 e. The first-order chi connectivity index (χ1) is 11.6. The number of fused-ring (bicyclic) bond motifs is 1. The van der Waals surface area contributed by atoms with Gasteiger partial charge in [0.25, 0.3) is 0 Å². The number of halogens is 1. The lowest BCUT2D eigenvalue weighted by atomic mass is 10.2. The third kappa shape index (κ3) is 3.07. The van der Waals surface area contributed by atoms with Crippen molar-refractivity contribution in [2.75, 3.05) is 5.32 Å². The third-order valence-electron chi connectivity index (χ3n) is 3.22. The number of benzene rings is 2. The number of anilines is 1. The van der Waals surface area contributed by atoms with Crippen LogP contribution in [0.4, 0.5) is 5.69 Å². The first kappa shape index (κ1) is 15.6. The van der Waals surface area contributed by atoms with Crippen molar-refractivity contribution in [2.24, 2.45) is 0 Å². The van der Waals surface area contributed by atoms with Crippen LogP contribution in [-0.4, -0.2) is 16.1 Å². The maximum Gasteiger partial charge on any atom is 0.337 e. The first-order valence-corrected chi connectivity index (χ1v) is 7.22. The quantitative estimate of drug-likeness (QED) is 0.692. The summed E-state index contributed by atoms with van der Waals surface area (Å²) in [5.74, 6) is -0.953. The third-order valence-corrected chi connectivity index (χ3v) is 3.55. The van der Waals surface area contributed by atoms with E-state index in [9.17, 15) is 10.1 Å². The molecule has 0 radical (unpaired) electrons. The lowest BCUT2D eigenvalue weighted by Gasteiger charge is -2.04. The normalized spacial score (nSPS) is 11.2. The van der Waals surface area contributed by atoms with E-state index in [4.69, 9.17) is 21.1 Å². The Morgan fingerprint density at radius 1 is 1.33 bits per heavy atom. The minimum absolute atomic E-state index is 0.0320. The van der Waals surface area contributed by atoms with Crippen molar-refractivity contribution in [3.63, 3.8) is 0 Å². The summed E-state index contributed by atoms with van der Waals surface area (Å²) >= 11 is 5.82. The number of rotatable bonds is 4. The highest BCUT2D eigenvalue weighted by Gasteiger charge is 2.11. The molecule has 3 rings (SSSR count). The zero-order chi connectivity index (χ0) is 17.1. The van der Waals surface area contributed by atoms with Gasteiger partial charge in [-0.25, -0.2) is 9.78 Å². The Hall–Kier alpha value is -3.30. The number of aromatic nitrogens is 1. The Kier molecular flexibility index (Phi) is 4.18. The molecule has 7 heteroatoms. The zero-order valence-corrected chi connectivity index (χ0v) is 12.9. The van der Waals surface area contributed by atoms with Crippen LogP contribution in [0.3, 0.4) is 0 Å². The predicted molar refractivity (Wildman–Crippen MR) is 89.6 cm³/mol. The summed E-state index contributed by atoms with van der Waals surface area (Å²) in [4.78, 5) is 15.3. The van der Waals surface area contributed by atoms with Crippen molar-refractivity contribution < 1.29 is 14.3 Å². The molecule has 3 aromatic rings. The Morgan fingerprint density at radius 2 is 2.12 bits per heavy atom. The summed E-state index contributed by atoms with van der Waals surface area (Å²) < 4.78 is 5.53. The molecule has 0 aliphatic heterocycles. The zero-order valence-electron chi connectivity index (χ0n) is 12.2. The highest BCUT2D eigenvalue weighted by atomic mass is 35.5. The molecule has 0 fully saturated rings. The van der Waals surface area contributed by atoms with Crippen molar-refractivity contribution in [3.05, 3.63) is 65.1 Å². The van der Waals surface area contributed by atoms with Gasteiger partial charge in [0.1, 0.15) is 17.2 Å². The average Bonchev–Trinajstić information content (AvgIpc) is 3.00. The molecule has 0 unspecified atom stereocenters. The predicted octanol–water partition coefficient (Wildman–Crippen LogP) is 4.16. The van der Waals surface area contributed by atoms with Gasteiger partial charge in [0.15, 0.2) is 5.58 Å². The molecule has 0 spiro atoms. The Bertz CT molecular complexity index is 969. The lowest BCUT2D eigenvalue weighted by Crippen LogP contribution is -1.99. The van der Waals surface area contributed by atoms with E-state index in [2.05, 4.69) is 10.3 Å². The molecule has 24 heavy (non-hydrogen) atoms. The van der Waals surface area contributed by atoms with Crippen LogP contribution in [-0.2, 0) is 0 Å². The molecule has 0 saturated heterocycles. The van der Waals surface area contributed by atoms with E-state index in [1.807, 2.05) is 18.2 Å². The van der Waals surface area contributed by atoms with Gasteiger partial charge in [-0.3, -0.25) is 0 Å². The topological polar surface area (TPSA) is 99.2 Å². The summed E-state index contributed by atoms with van der Waals surface area (Å²) in [6, 6.07) is 13.6. The average molecular weight is 340 g/mol. The van der Waals surface area contributed by atoms with Gasteiger partial charge in [-0.15, -0.1) is 0 Å². The van der Waals surface area contributed by atoms with E-state index in [1.54, 1.807) is 18.2 Å². The van der Waals surface area contributed by atoms with Gasteiger partial charge in [-0.2, -0.15) is 5.26 Å². The smallest absolute Gasteiger partial charge is 0.337 e. The number of oxazole rings is 1. The number of hydrogen-bond acceptors (Lipinski definition) is 5. The first-order valence-electron chi connectivity index (χ1n) is 6.84. The van der Waals surface area contributed by atoms with Crippen LogP contribution in [0.1, 0.15) is 16.2 Å². The minimum atomic E-state index is -1.13. The van der Waals surface area contributed by atoms with Crippen LogP contribution in [0.25, 0.3) is 16.7 Å². The summed E-state index contributed by atoms with van der Waals surface area (Å²) in [6.45, 7) is 0. The van der Waals surface area contributed by atoms with Crippen LogP contribution < -0.4 is 5.32 Å². The lowest BCUT2D eigenvalue weighted by molar-refractivity contribution is 0.0697. The summed E-state index contributed by atoms with van der Waals surface area (Å²) in [5.41, 5.74) is 1.84. The van der Waals surface area contributed by atoms with Gasteiger partial charge >= 0.3 is 5.97 Å². The fourth-order valence-electron chi connectivity index (χ4n) is 2.06. The maximum absolute atomic E-state index is 11.1. The van der Waals surface area contributed by atoms with E-state index in [0.717, 1.165) is 0 Å². The largest absolute Gasteiger partial charge is 0.478 e. The van der Waals surface area contributed by atoms with Gasteiger partial charge < -0.3 is 14.8 Å². The molecule has 2 N–H and O–H groups in total. The number of aromatic carboxylic acids is 1. The SMILES string of the molecule is N#CC(=CNc1ccc(Cl)c(C(=O)O)c1)c1nc2ccccc2o1. The highest BCUT2D eigenvalue weighted by Crippen LogP contribution is 2.23.